The Morgan fingerprint density at radius 2 is 2.25 bits per heavy atom. The Hall–Kier alpha value is -0.510. The number of aliphatic hydroxyl groups is 1. The highest BCUT2D eigenvalue weighted by Crippen LogP contribution is 2.27. The van der Waals surface area contributed by atoms with Gasteiger partial charge < -0.3 is 9.84 Å². The number of aliphatic hydroxyl groups excluding tert-OH is 1. The number of hydrogen-bond donors (Lipinski definition) is 1. The van der Waals surface area contributed by atoms with E-state index < -0.39 is 6.10 Å². The fourth-order valence-corrected chi connectivity index (χ4v) is 2.86. The van der Waals surface area contributed by atoms with Crippen molar-refractivity contribution in [2.24, 2.45) is 0 Å². The van der Waals surface area contributed by atoms with Crippen LogP contribution in [0, 0.1) is 13.8 Å². The van der Waals surface area contributed by atoms with Crippen molar-refractivity contribution in [3.63, 3.8) is 0 Å². The van der Waals surface area contributed by atoms with Gasteiger partial charge in [-0.2, -0.15) is 11.8 Å². The summed E-state index contributed by atoms with van der Waals surface area (Å²) in [6.45, 7) is 4.83. The Balaban J connectivity index is 2.18. The number of aryl methyl sites for hydroxylation is 2. The molecule has 1 fully saturated rings. The fourth-order valence-electron chi connectivity index (χ4n) is 1.97. The zero-order valence-electron chi connectivity index (χ0n) is 9.77. The van der Waals surface area contributed by atoms with E-state index in [2.05, 4.69) is 18.2 Å². The van der Waals surface area contributed by atoms with E-state index in [4.69, 9.17) is 4.74 Å². The molecule has 1 heterocycles. The van der Waals surface area contributed by atoms with Gasteiger partial charge in [0.2, 0.25) is 0 Å². The molecule has 0 aromatic heterocycles. The van der Waals surface area contributed by atoms with E-state index in [1.807, 2.05) is 25.6 Å². The van der Waals surface area contributed by atoms with Crippen LogP contribution >= 0.6 is 11.8 Å². The van der Waals surface area contributed by atoms with Gasteiger partial charge in [-0.05, 0) is 25.0 Å². The molecule has 2 atom stereocenters. The Morgan fingerprint density at radius 3 is 2.94 bits per heavy atom. The van der Waals surface area contributed by atoms with E-state index in [1.165, 1.54) is 5.56 Å². The predicted molar refractivity (Wildman–Crippen MR) is 67.9 cm³/mol. The Bertz CT molecular complexity index is 359. The first-order valence-electron chi connectivity index (χ1n) is 5.63. The van der Waals surface area contributed by atoms with Gasteiger partial charge in [0, 0.05) is 11.5 Å². The maximum absolute atomic E-state index is 10.3. The summed E-state index contributed by atoms with van der Waals surface area (Å²) >= 11 is 1.85. The summed E-state index contributed by atoms with van der Waals surface area (Å²) in [5.41, 5.74) is 3.33. The minimum Gasteiger partial charge on any atom is -0.386 e. The Kier molecular flexibility index (Phi) is 3.90. The monoisotopic (exact) mass is 238 g/mol. The van der Waals surface area contributed by atoms with Crippen LogP contribution in [0.5, 0.6) is 0 Å². The van der Waals surface area contributed by atoms with Gasteiger partial charge in [-0.25, -0.2) is 0 Å². The van der Waals surface area contributed by atoms with Crippen molar-refractivity contribution in [2.75, 3.05) is 18.1 Å². The third kappa shape index (κ3) is 2.59. The third-order valence-electron chi connectivity index (χ3n) is 2.95. The molecular weight excluding hydrogens is 220 g/mol. The van der Waals surface area contributed by atoms with Crippen molar-refractivity contribution in [2.45, 2.75) is 26.1 Å². The number of benzene rings is 1. The first-order valence-corrected chi connectivity index (χ1v) is 6.78. The first kappa shape index (κ1) is 12.0. The van der Waals surface area contributed by atoms with Crippen LogP contribution in [0.3, 0.4) is 0 Å². The molecule has 88 valence electrons. The smallest absolute Gasteiger partial charge is 0.106 e. The lowest BCUT2D eigenvalue weighted by atomic mass is 9.98. The average molecular weight is 238 g/mol. The summed E-state index contributed by atoms with van der Waals surface area (Å²) in [4.78, 5) is 0. The van der Waals surface area contributed by atoms with Gasteiger partial charge in [0.1, 0.15) is 6.10 Å². The van der Waals surface area contributed by atoms with E-state index >= 15 is 0 Å². The normalized spacial score (nSPS) is 23.1. The summed E-state index contributed by atoms with van der Waals surface area (Å²) in [5.74, 6) is 1.92. The molecule has 1 aliphatic heterocycles. The van der Waals surface area contributed by atoms with Crippen LogP contribution in [-0.2, 0) is 4.74 Å². The molecule has 0 bridgehead atoms. The second kappa shape index (κ2) is 5.21. The van der Waals surface area contributed by atoms with Crippen LogP contribution in [0.25, 0.3) is 0 Å². The van der Waals surface area contributed by atoms with Gasteiger partial charge >= 0.3 is 0 Å². The summed E-state index contributed by atoms with van der Waals surface area (Å²) in [6.07, 6.45) is -0.549. The molecule has 2 nitrogen and oxygen atoms in total. The van der Waals surface area contributed by atoms with Crippen molar-refractivity contribution in [1.29, 1.82) is 0 Å². The van der Waals surface area contributed by atoms with Crippen LogP contribution in [0.15, 0.2) is 18.2 Å². The molecule has 1 aromatic carbocycles. The molecule has 3 heteroatoms. The molecule has 0 radical (unpaired) electrons. The second-order valence-corrected chi connectivity index (χ2v) is 5.44. The Morgan fingerprint density at radius 1 is 1.44 bits per heavy atom. The van der Waals surface area contributed by atoms with E-state index in [9.17, 15) is 5.11 Å². The highest BCUT2D eigenvalue weighted by atomic mass is 32.2. The number of ether oxygens (including phenoxy) is 1. The van der Waals surface area contributed by atoms with Gasteiger partial charge in [-0.3, -0.25) is 0 Å². The SMILES string of the molecule is Cc1ccc(C)c(C(O)C2CSCCO2)c1. The van der Waals surface area contributed by atoms with Gasteiger partial charge in [-0.1, -0.05) is 23.8 Å². The van der Waals surface area contributed by atoms with Crippen molar-refractivity contribution in [3.05, 3.63) is 34.9 Å². The first-order chi connectivity index (χ1) is 7.68. The quantitative estimate of drug-likeness (QED) is 0.858. The largest absolute Gasteiger partial charge is 0.386 e. The molecule has 1 saturated heterocycles. The van der Waals surface area contributed by atoms with Crippen LogP contribution in [0.1, 0.15) is 22.8 Å². The lowest BCUT2D eigenvalue weighted by Gasteiger charge is -2.28. The van der Waals surface area contributed by atoms with Crippen LogP contribution in [0.4, 0.5) is 0 Å². The fraction of sp³-hybridized carbons (Fsp3) is 0.538. The number of hydrogen-bond acceptors (Lipinski definition) is 3. The molecule has 0 amide bonds. The zero-order valence-corrected chi connectivity index (χ0v) is 10.6. The molecule has 0 spiro atoms. The van der Waals surface area contributed by atoms with Gasteiger partial charge in [0.05, 0.1) is 12.7 Å². The summed E-state index contributed by atoms with van der Waals surface area (Å²) in [7, 11) is 0. The van der Waals surface area contributed by atoms with E-state index in [-0.39, 0.29) is 6.10 Å². The van der Waals surface area contributed by atoms with Crippen molar-refractivity contribution in [1.82, 2.24) is 0 Å². The lowest BCUT2D eigenvalue weighted by Crippen LogP contribution is -2.30. The number of rotatable bonds is 2. The van der Waals surface area contributed by atoms with Crippen LogP contribution in [0.2, 0.25) is 0 Å². The average Bonchev–Trinajstić information content (AvgIpc) is 2.32. The molecule has 2 unspecified atom stereocenters. The van der Waals surface area contributed by atoms with Gasteiger partial charge in [-0.15, -0.1) is 0 Å². The topological polar surface area (TPSA) is 29.5 Å². The van der Waals surface area contributed by atoms with E-state index in [0.29, 0.717) is 0 Å². The molecule has 1 N–H and O–H groups in total. The van der Waals surface area contributed by atoms with Gasteiger partial charge in [0.25, 0.3) is 0 Å². The van der Waals surface area contributed by atoms with Crippen LogP contribution in [-0.4, -0.2) is 29.3 Å². The molecule has 16 heavy (non-hydrogen) atoms. The zero-order chi connectivity index (χ0) is 11.5. The van der Waals surface area contributed by atoms with Crippen molar-refractivity contribution in [3.8, 4) is 0 Å². The van der Waals surface area contributed by atoms with E-state index in [1.54, 1.807) is 0 Å². The molecule has 2 rings (SSSR count). The maximum atomic E-state index is 10.3. The summed E-state index contributed by atoms with van der Waals surface area (Å²) in [6, 6.07) is 6.19. The standard InChI is InChI=1S/C13H18O2S/c1-9-3-4-10(2)11(7-9)13(14)12-8-16-6-5-15-12/h3-4,7,12-14H,5-6,8H2,1-2H3. The molecular formula is C13H18O2S. The van der Waals surface area contributed by atoms with Crippen molar-refractivity contribution >= 4 is 11.8 Å². The molecule has 0 saturated carbocycles. The molecule has 0 aliphatic carbocycles. The minimum atomic E-state index is -0.493. The van der Waals surface area contributed by atoms with Crippen molar-refractivity contribution < 1.29 is 9.84 Å². The number of thioether (sulfide) groups is 1. The maximum Gasteiger partial charge on any atom is 0.106 e. The molecule has 1 aromatic rings. The summed E-state index contributed by atoms with van der Waals surface area (Å²) in [5, 5.41) is 10.3. The predicted octanol–water partition coefficient (Wildman–Crippen LogP) is 2.47. The summed E-state index contributed by atoms with van der Waals surface area (Å²) < 4.78 is 5.62. The van der Waals surface area contributed by atoms with E-state index in [0.717, 1.165) is 29.2 Å². The second-order valence-electron chi connectivity index (χ2n) is 4.29. The van der Waals surface area contributed by atoms with Crippen LogP contribution < -0.4 is 0 Å². The highest BCUT2D eigenvalue weighted by molar-refractivity contribution is 7.99. The van der Waals surface area contributed by atoms with Gasteiger partial charge in [0.15, 0.2) is 0 Å². The minimum absolute atomic E-state index is 0.0563. The lowest BCUT2D eigenvalue weighted by molar-refractivity contribution is -0.0230. The third-order valence-corrected chi connectivity index (χ3v) is 3.97. The highest BCUT2D eigenvalue weighted by Gasteiger charge is 2.25. The molecule has 1 aliphatic rings. The Labute approximate surface area is 101 Å².